The summed E-state index contributed by atoms with van der Waals surface area (Å²) < 4.78 is 51.7. The average Bonchev–Trinajstić information content (AvgIpc) is 3.42. The van der Waals surface area contributed by atoms with E-state index in [9.17, 15) is 18.0 Å². The molecule has 1 aliphatic heterocycles. The molecule has 0 N–H and O–H groups in total. The standard InChI is InChI=1S/C23H21F3N4O3/c1-32-17-5-6-18-15(13-33-19(18)10-17)9-21(31)29-8-2-3-14(11-29)22-28-27-20-7-4-16(12-30(20)22)23(24,25)26/h4-7,10,12-14H,2-3,8-9,11H2,1H3. The zero-order valence-electron chi connectivity index (χ0n) is 17.8. The van der Waals surface area contributed by atoms with Crippen LogP contribution in [0.2, 0.25) is 0 Å². The third-order valence-electron chi connectivity index (χ3n) is 6.10. The van der Waals surface area contributed by atoms with Crippen LogP contribution in [-0.2, 0) is 17.4 Å². The highest BCUT2D eigenvalue weighted by atomic mass is 19.4. The second kappa shape index (κ2) is 8.09. The predicted molar refractivity (Wildman–Crippen MR) is 113 cm³/mol. The van der Waals surface area contributed by atoms with Crippen molar-refractivity contribution in [2.45, 2.75) is 31.4 Å². The van der Waals surface area contributed by atoms with Crippen molar-refractivity contribution in [1.82, 2.24) is 19.5 Å². The third kappa shape index (κ3) is 4.01. The van der Waals surface area contributed by atoms with Gasteiger partial charge in [0.05, 0.1) is 25.4 Å². The number of alkyl halides is 3. The Morgan fingerprint density at radius 1 is 1.24 bits per heavy atom. The summed E-state index contributed by atoms with van der Waals surface area (Å²) >= 11 is 0. The van der Waals surface area contributed by atoms with E-state index >= 15 is 0 Å². The van der Waals surface area contributed by atoms with Gasteiger partial charge in [0.15, 0.2) is 5.65 Å². The molecular weight excluding hydrogens is 437 g/mol. The minimum absolute atomic E-state index is 0.0666. The number of halogens is 3. The number of hydrogen-bond acceptors (Lipinski definition) is 5. The molecule has 1 amide bonds. The number of methoxy groups -OCH3 is 1. The quantitative estimate of drug-likeness (QED) is 0.452. The Bertz CT molecular complexity index is 1330. The van der Waals surface area contributed by atoms with Crippen LogP contribution < -0.4 is 4.74 Å². The van der Waals surface area contributed by atoms with Crippen LogP contribution in [0.1, 0.15) is 35.7 Å². The van der Waals surface area contributed by atoms with Crippen molar-refractivity contribution >= 4 is 22.5 Å². The van der Waals surface area contributed by atoms with E-state index < -0.39 is 11.7 Å². The topological polar surface area (TPSA) is 72.9 Å². The van der Waals surface area contributed by atoms with E-state index in [4.69, 9.17) is 9.15 Å². The first-order valence-electron chi connectivity index (χ1n) is 10.6. The van der Waals surface area contributed by atoms with Crippen molar-refractivity contribution in [3.05, 3.63) is 59.7 Å². The Morgan fingerprint density at radius 3 is 2.88 bits per heavy atom. The van der Waals surface area contributed by atoms with Gasteiger partial charge in [-0.15, -0.1) is 10.2 Å². The van der Waals surface area contributed by atoms with Crippen LogP contribution in [0.5, 0.6) is 5.75 Å². The molecule has 1 atom stereocenters. The maximum Gasteiger partial charge on any atom is 0.417 e. The maximum atomic E-state index is 13.2. The first-order valence-corrected chi connectivity index (χ1v) is 10.6. The Labute approximate surface area is 186 Å². The molecule has 3 aromatic heterocycles. The van der Waals surface area contributed by atoms with Gasteiger partial charge < -0.3 is 14.1 Å². The summed E-state index contributed by atoms with van der Waals surface area (Å²) in [4.78, 5) is 14.8. The molecule has 1 aliphatic rings. The second-order valence-corrected chi connectivity index (χ2v) is 8.18. The number of likely N-dealkylation sites (tertiary alicyclic amines) is 1. The Kier molecular flexibility index (Phi) is 5.22. The van der Waals surface area contributed by atoms with Gasteiger partial charge in [-0.1, -0.05) is 0 Å². The van der Waals surface area contributed by atoms with E-state index in [0.29, 0.717) is 35.9 Å². The highest BCUT2D eigenvalue weighted by Crippen LogP contribution is 2.32. The number of pyridine rings is 1. The van der Waals surface area contributed by atoms with E-state index in [2.05, 4.69) is 10.2 Å². The summed E-state index contributed by atoms with van der Waals surface area (Å²) in [6, 6.07) is 7.75. The lowest BCUT2D eigenvalue weighted by Crippen LogP contribution is -2.40. The fourth-order valence-electron chi connectivity index (χ4n) is 4.37. The number of piperidine rings is 1. The first-order chi connectivity index (χ1) is 15.8. The minimum Gasteiger partial charge on any atom is -0.497 e. The Morgan fingerprint density at radius 2 is 2.09 bits per heavy atom. The van der Waals surface area contributed by atoms with Gasteiger partial charge in [0.25, 0.3) is 0 Å². The molecule has 33 heavy (non-hydrogen) atoms. The Hall–Kier alpha value is -3.56. The van der Waals surface area contributed by atoms with Crippen LogP contribution in [0, 0.1) is 0 Å². The number of fused-ring (bicyclic) bond motifs is 2. The molecule has 0 spiro atoms. The number of ether oxygens (including phenoxy) is 1. The van der Waals surface area contributed by atoms with Crippen LogP contribution >= 0.6 is 0 Å². The van der Waals surface area contributed by atoms with Crippen molar-refractivity contribution in [2.24, 2.45) is 0 Å². The van der Waals surface area contributed by atoms with Crippen LogP contribution in [0.4, 0.5) is 13.2 Å². The number of carbonyl (C=O) groups is 1. The number of hydrogen-bond donors (Lipinski definition) is 0. The van der Waals surface area contributed by atoms with Gasteiger partial charge in [0.2, 0.25) is 5.91 Å². The molecule has 0 radical (unpaired) electrons. The molecule has 1 saturated heterocycles. The highest BCUT2D eigenvalue weighted by Gasteiger charge is 2.33. The zero-order valence-corrected chi connectivity index (χ0v) is 17.8. The lowest BCUT2D eigenvalue weighted by atomic mass is 9.96. The van der Waals surface area contributed by atoms with Crippen LogP contribution in [0.3, 0.4) is 0 Å². The number of amides is 1. The first kappa shape index (κ1) is 21.3. The minimum atomic E-state index is -4.46. The molecule has 1 unspecified atom stereocenters. The van der Waals surface area contributed by atoms with Gasteiger partial charge in [-0.3, -0.25) is 9.20 Å². The summed E-state index contributed by atoms with van der Waals surface area (Å²) in [6.07, 6.45) is -0.235. The monoisotopic (exact) mass is 458 g/mol. The molecule has 7 nitrogen and oxygen atoms in total. The summed E-state index contributed by atoms with van der Waals surface area (Å²) in [6.45, 7) is 0.961. The van der Waals surface area contributed by atoms with Gasteiger partial charge in [-0.2, -0.15) is 13.2 Å². The van der Waals surface area contributed by atoms with Crippen molar-refractivity contribution in [2.75, 3.05) is 20.2 Å². The second-order valence-electron chi connectivity index (χ2n) is 8.18. The van der Waals surface area contributed by atoms with Crippen LogP contribution in [0.15, 0.2) is 47.2 Å². The largest absolute Gasteiger partial charge is 0.497 e. The molecule has 10 heteroatoms. The van der Waals surface area contributed by atoms with Crippen molar-refractivity contribution in [3.8, 4) is 5.75 Å². The van der Waals surface area contributed by atoms with Gasteiger partial charge in [-0.25, -0.2) is 0 Å². The fraction of sp³-hybridized carbons (Fsp3) is 0.348. The van der Waals surface area contributed by atoms with E-state index in [0.717, 1.165) is 36.1 Å². The van der Waals surface area contributed by atoms with Crippen LogP contribution in [-0.4, -0.2) is 45.6 Å². The lowest BCUT2D eigenvalue weighted by molar-refractivity contribution is -0.137. The molecule has 4 heterocycles. The number of nitrogens with zero attached hydrogens (tertiary/aromatic N) is 4. The van der Waals surface area contributed by atoms with Gasteiger partial charge in [0, 0.05) is 42.2 Å². The molecule has 172 valence electrons. The molecule has 0 bridgehead atoms. The smallest absolute Gasteiger partial charge is 0.417 e. The normalized spacial score (nSPS) is 17.1. The van der Waals surface area contributed by atoms with Crippen molar-refractivity contribution < 1.29 is 27.1 Å². The summed E-state index contributed by atoms with van der Waals surface area (Å²) in [5.74, 6) is 0.840. The maximum absolute atomic E-state index is 13.2. The van der Waals surface area contributed by atoms with E-state index in [1.165, 1.54) is 10.5 Å². The number of carbonyl (C=O) groups excluding carboxylic acids is 1. The molecular formula is C23H21F3N4O3. The fourth-order valence-corrected chi connectivity index (χ4v) is 4.37. The van der Waals surface area contributed by atoms with Gasteiger partial charge in [-0.05, 0) is 37.1 Å². The molecule has 0 aliphatic carbocycles. The SMILES string of the molecule is COc1ccc2c(CC(=O)N3CCCC(c4nnc5ccc(C(F)(F)F)cn45)C3)coc2c1. The van der Waals surface area contributed by atoms with Gasteiger partial charge >= 0.3 is 6.18 Å². The van der Waals surface area contributed by atoms with Gasteiger partial charge in [0.1, 0.15) is 17.2 Å². The van der Waals surface area contributed by atoms with E-state index in [1.807, 2.05) is 12.1 Å². The van der Waals surface area contributed by atoms with Crippen molar-refractivity contribution in [1.29, 1.82) is 0 Å². The number of benzene rings is 1. The summed E-state index contributed by atoms with van der Waals surface area (Å²) in [7, 11) is 1.57. The number of rotatable bonds is 4. The molecule has 4 aromatic rings. The lowest BCUT2D eigenvalue weighted by Gasteiger charge is -2.32. The molecule has 1 aromatic carbocycles. The zero-order chi connectivity index (χ0) is 23.2. The third-order valence-corrected chi connectivity index (χ3v) is 6.10. The van der Waals surface area contributed by atoms with Crippen molar-refractivity contribution in [3.63, 3.8) is 0 Å². The number of aromatic nitrogens is 3. The van der Waals surface area contributed by atoms with Crippen LogP contribution in [0.25, 0.3) is 16.6 Å². The molecule has 1 fully saturated rings. The molecule has 0 saturated carbocycles. The summed E-state index contributed by atoms with van der Waals surface area (Å²) in [5.41, 5.74) is 1.01. The highest BCUT2D eigenvalue weighted by molar-refractivity contribution is 5.88. The predicted octanol–water partition coefficient (Wildman–Crippen LogP) is 4.45. The molecule has 5 rings (SSSR count). The number of furan rings is 1. The van der Waals surface area contributed by atoms with E-state index in [1.54, 1.807) is 24.3 Å². The van der Waals surface area contributed by atoms with E-state index in [-0.39, 0.29) is 18.2 Å². The Balaban J connectivity index is 1.35. The summed E-state index contributed by atoms with van der Waals surface area (Å²) in [5, 5.41) is 9.01. The average molecular weight is 458 g/mol.